The molecule has 0 saturated heterocycles. The fourth-order valence-electron chi connectivity index (χ4n) is 1.29. The highest BCUT2D eigenvalue weighted by molar-refractivity contribution is 7.14. The Morgan fingerprint density at radius 3 is 2.82 bits per heavy atom. The topological polar surface area (TPSA) is 34.1 Å². The van der Waals surface area contributed by atoms with Crippen LogP contribution in [0.4, 0.5) is 0 Å². The van der Waals surface area contributed by atoms with E-state index in [4.69, 9.17) is 16.3 Å². The van der Waals surface area contributed by atoms with E-state index in [0.29, 0.717) is 10.3 Å². The van der Waals surface area contributed by atoms with Crippen LogP contribution in [0.5, 0.6) is 10.9 Å². The summed E-state index contributed by atoms with van der Waals surface area (Å²) in [7, 11) is 0. The molecule has 0 radical (unpaired) electrons. The van der Waals surface area contributed by atoms with Crippen LogP contribution in [0.3, 0.4) is 0 Å². The van der Waals surface area contributed by atoms with Crippen molar-refractivity contribution in [2.75, 3.05) is 6.54 Å². The molecule has 1 aromatic carbocycles. The van der Waals surface area contributed by atoms with Crippen LogP contribution >= 0.6 is 22.9 Å². The quantitative estimate of drug-likeness (QED) is 0.898. The molecular formula is C12H13ClN2OS. The molecule has 0 spiro atoms. The molecule has 0 aliphatic heterocycles. The minimum Gasteiger partial charge on any atom is -0.431 e. The highest BCUT2D eigenvalue weighted by atomic mass is 35.5. The molecule has 1 heterocycles. The van der Waals surface area contributed by atoms with Gasteiger partial charge in [-0.1, -0.05) is 48.1 Å². The molecule has 1 aromatic heterocycles. The van der Waals surface area contributed by atoms with Gasteiger partial charge in [0.2, 0.25) is 0 Å². The second-order valence-corrected chi connectivity index (χ2v) is 4.79. The Morgan fingerprint density at radius 2 is 2.12 bits per heavy atom. The van der Waals surface area contributed by atoms with Crippen LogP contribution in [-0.2, 0) is 6.54 Å². The van der Waals surface area contributed by atoms with Gasteiger partial charge in [0.05, 0.1) is 4.88 Å². The summed E-state index contributed by atoms with van der Waals surface area (Å²) in [6.07, 6.45) is 0. The molecule has 2 aromatic rings. The van der Waals surface area contributed by atoms with Gasteiger partial charge in [-0.3, -0.25) is 0 Å². The van der Waals surface area contributed by atoms with Gasteiger partial charge in [0.15, 0.2) is 0 Å². The van der Waals surface area contributed by atoms with Crippen molar-refractivity contribution in [2.24, 2.45) is 0 Å². The lowest BCUT2D eigenvalue weighted by Gasteiger charge is -1.99. The Kier molecular flexibility index (Phi) is 4.36. The van der Waals surface area contributed by atoms with Crippen LogP contribution in [-0.4, -0.2) is 11.5 Å². The van der Waals surface area contributed by atoms with Gasteiger partial charge in [0.25, 0.3) is 5.19 Å². The smallest absolute Gasteiger partial charge is 0.280 e. The Labute approximate surface area is 109 Å². The van der Waals surface area contributed by atoms with Crippen LogP contribution in [0.1, 0.15) is 11.8 Å². The average Bonchev–Trinajstić information content (AvgIpc) is 2.68. The molecule has 0 amide bonds. The molecule has 2 rings (SSSR count). The van der Waals surface area contributed by atoms with Crippen LogP contribution < -0.4 is 10.1 Å². The van der Waals surface area contributed by atoms with Gasteiger partial charge >= 0.3 is 0 Å². The molecule has 0 saturated carbocycles. The van der Waals surface area contributed by atoms with E-state index >= 15 is 0 Å². The normalized spacial score (nSPS) is 10.5. The predicted octanol–water partition coefficient (Wildman–Crippen LogP) is 3.70. The summed E-state index contributed by atoms with van der Waals surface area (Å²) in [4.78, 5) is 5.18. The number of thiazole rings is 1. The summed E-state index contributed by atoms with van der Waals surface area (Å²) in [6.45, 7) is 3.69. The first-order valence-electron chi connectivity index (χ1n) is 5.38. The van der Waals surface area contributed by atoms with Crippen molar-refractivity contribution in [3.05, 3.63) is 40.4 Å². The molecule has 17 heavy (non-hydrogen) atoms. The number of nitrogens with zero attached hydrogens (tertiary/aromatic N) is 1. The summed E-state index contributed by atoms with van der Waals surface area (Å²) in [5, 5.41) is 4.31. The third kappa shape index (κ3) is 3.43. The fourth-order valence-corrected chi connectivity index (χ4v) is 2.39. The maximum atomic E-state index is 6.03. The maximum absolute atomic E-state index is 6.03. The number of nitrogens with one attached hydrogen (secondary N) is 1. The van der Waals surface area contributed by atoms with Crippen molar-refractivity contribution < 1.29 is 4.74 Å². The van der Waals surface area contributed by atoms with Gasteiger partial charge in [-0.15, -0.1) is 0 Å². The number of hydrogen-bond donors (Lipinski definition) is 1. The SMILES string of the molecule is CCNCc1sc(Oc2ccccc2)nc1Cl. The predicted molar refractivity (Wildman–Crippen MR) is 71.0 cm³/mol. The van der Waals surface area contributed by atoms with Crippen molar-refractivity contribution in [2.45, 2.75) is 13.5 Å². The lowest BCUT2D eigenvalue weighted by Crippen LogP contribution is -2.10. The second-order valence-electron chi connectivity index (χ2n) is 3.39. The Bertz CT molecular complexity index is 473. The van der Waals surface area contributed by atoms with Crippen molar-refractivity contribution in [3.63, 3.8) is 0 Å². The van der Waals surface area contributed by atoms with Gasteiger partial charge in [0.1, 0.15) is 10.9 Å². The second kappa shape index (κ2) is 6.00. The van der Waals surface area contributed by atoms with Gasteiger partial charge < -0.3 is 10.1 Å². The average molecular weight is 269 g/mol. The molecule has 0 fully saturated rings. The minimum atomic E-state index is 0.516. The monoisotopic (exact) mass is 268 g/mol. The number of hydrogen-bond acceptors (Lipinski definition) is 4. The number of benzene rings is 1. The van der Waals surface area contributed by atoms with Gasteiger partial charge in [-0.25, -0.2) is 0 Å². The van der Waals surface area contributed by atoms with E-state index in [1.807, 2.05) is 30.3 Å². The third-order valence-electron chi connectivity index (χ3n) is 2.11. The Hall–Kier alpha value is -1.10. The molecule has 3 nitrogen and oxygen atoms in total. The standard InChI is InChI=1S/C12H13ClN2OS/c1-2-14-8-10-11(13)15-12(17-10)16-9-6-4-3-5-7-9/h3-7,14H,2,8H2,1H3. The highest BCUT2D eigenvalue weighted by Gasteiger charge is 2.10. The number of halogens is 1. The van der Waals surface area contributed by atoms with E-state index in [0.717, 1.165) is 23.7 Å². The molecule has 0 unspecified atom stereocenters. The molecule has 1 N–H and O–H groups in total. The van der Waals surface area contributed by atoms with Crippen molar-refractivity contribution in [1.82, 2.24) is 10.3 Å². The van der Waals surface area contributed by atoms with E-state index in [9.17, 15) is 0 Å². The zero-order chi connectivity index (χ0) is 12.1. The van der Waals surface area contributed by atoms with E-state index < -0.39 is 0 Å². The molecule has 90 valence electrons. The molecule has 0 aliphatic rings. The first kappa shape index (κ1) is 12.4. The lowest BCUT2D eigenvalue weighted by atomic mass is 10.3. The Balaban J connectivity index is 2.07. The lowest BCUT2D eigenvalue weighted by molar-refractivity contribution is 0.479. The van der Waals surface area contributed by atoms with Crippen LogP contribution in [0, 0.1) is 0 Å². The molecule has 0 atom stereocenters. The number of para-hydroxylation sites is 1. The van der Waals surface area contributed by atoms with Gasteiger partial charge in [0, 0.05) is 6.54 Å². The first-order valence-corrected chi connectivity index (χ1v) is 6.58. The Morgan fingerprint density at radius 1 is 1.35 bits per heavy atom. The van der Waals surface area contributed by atoms with Crippen LogP contribution in [0.25, 0.3) is 0 Å². The van der Waals surface area contributed by atoms with Crippen molar-refractivity contribution in [1.29, 1.82) is 0 Å². The van der Waals surface area contributed by atoms with Gasteiger partial charge in [-0.2, -0.15) is 4.98 Å². The molecule has 5 heteroatoms. The minimum absolute atomic E-state index is 0.516. The maximum Gasteiger partial charge on any atom is 0.280 e. The van der Waals surface area contributed by atoms with Crippen LogP contribution in [0.2, 0.25) is 5.15 Å². The summed E-state index contributed by atoms with van der Waals surface area (Å²) in [5.74, 6) is 0.771. The first-order chi connectivity index (χ1) is 8.29. The summed E-state index contributed by atoms with van der Waals surface area (Å²) < 4.78 is 5.61. The fraction of sp³-hybridized carbons (Fsp3) is 0.250. The zero-order valence-corrected chi connectivity index (χ0v) is 11.0. The number of rotatable bonds is 5. The highest BCUT2D eigenvalue weighted by Crippen LogP contribution is 2.31. The summed E-state index contributed by atoms with van der Waals surface area (Å²) in [6, 6.07) is 9.56. The van der Waals surface area contributed by atoms with E-state index in [1.165, 1.54) is 11.3 Å². The summed E-state index contributed by atoms with van der Waals surface area (Å²) >= 11 is 7.49. The van der Waals surface area contributed by atoms with E-state index in [2.05, 4.69) is 17.2 Å². The van der Waals surface area contributed by atoms with Crippen molar-refractivity contribution in [3.8, 4) is 10.9 Å². The van der Waals surface area contributed by atoms with Crippen LogP contribution in [0.15, 0.2) is 30.3 Å². The van der Waals surface area contributed by atoms with Crippen molar-refractivity contribution >= 4 is 22.9 Å². The number of ether oxygens (including phenoxy) is 1. The largest absolute Gasteiger partial charge is 0.431 e. The molecule has 0 aliphatic carbocycles. The van der Waals surface area contributed by atoms with E-state index in [-0.39, 0.29) is 0 Å². The molecular weight excluding hydrogens is 256 g/mol. The molecule has 0 bridgehead atoms. The third-order valence-corrected chi connectivity index (χ3v) is 3.47. The van der Waals surface area contributed by atoms with Gasteiger partial charge in [-0.05, 0) is 18.7 Å². The number of aromatic nitrogens is 1. The van der Waals surface area contributed by atoms with E-state index in [1.54, 1.807) is 0 Å². The zero-order valence-electron chi connectivity index (χ0n) is 9.44. The summed E-state index contributed by atoms with van der Waals surface area (Å²) in [5.41, 5.74) is 0.